The standard InChI is InChI=1S/C26H22F4INO2/c1-14-4-6-21(17-5-7-22(27)23(31)12-17)19(8-14)13-32-16(3)24(34-25(32)33)18-9-15(2)10-20(11-18)26(28,29)30/h4-12,16,24H,13H2,1-3H3/t16-,24-/m0/s1. The Bertz CT molecular complexity index is 1260. The number of hydrogen-bond acceptors (Lipinski definition) is 2. The molecule has 1 aliphatic heterocycles. The number of benzene rings is 3. The van der Waals surface area contributed by atoms with Gasteiger partial charge in [-0.05, 0) is 89.9 Å². The summed E-state index contributed by atoms with van der Waals surface area (Å²) in [6.07, 6.45) is -5.91. The quantitative estimate of drug-likeness (QED) is 0.232. The third-order valence-electron chi connectivity index (χ3n) is 5.98. The van der Waals surface area contributed by atoms with E-state index in [0.717, 1.165) is 34.4 Å². The number of halogens is 5. The van der Waals surface area contributed by atoms with Crippen LogP contribution in [0.2, 0.25) is 0 Å². The number of carbonyl (C=O) groups excluding carboxylic acids is 1. The minimum absolute atomic E-state index is 0.208. The van der Waals surface area contributed by atoms with E-state index in [1.807, 2.05) is 47.7 Å². The van der Waals surface area contributed by atoms with E-state index in [1.54, 1.807) is 32.0 Å². The second-order valence-corrected chi connectivity index (χ2v) is 9.75. The first-order chi connectivity index (χ1) is 15.9. The summed E-state index contributed by atoms with van der Waals surface area (Å²) in [5, 5.41) is 0. The van der Waals surface area contributed by atoms with Crippen LogP contribution in [0.3, 0.4) is 0 Å². The highest BCUT2D eigenvalue weighted by Gasteiger charge is 2.41. The predicted octanol–water partition coefficient (Wildman–Crippen LogP) is 7.81. The zero-order valence-electron chi connectivity index (χ0n) is 18.7. The van der Waals surface area contributed by atoms with Crippen molar-refractivity contribution in [3.05, 3.63) is 91.8 Å². The Morgan fingerprint density at radius 2 is 1.74 bits per heavy atom. The number of cyclic esters (lactones) is 1. The molecule has 0 radical (unpaired) electrons. The first-order valence-electron chi connectivity index (χ1n) is 10.6. The first-order valence-corrected chi connectivity index (χ1v) is 11.7. The monoisotopic (exact) mass is 583 g/mol. The normalized spacial score (nSPS) is 18.4. The minimum atomic E-state index is -4.49. The molecule has 3 aromatic rings. The van der Waals surface area contributed by atoms with Gasteiger partial charge in [0.15, 0.2) is 0 Å². The van der Waals surface area contributed by atoms with Gasteiger partial charge in [-0.25, -0.2) is 9.18 Å². The highest BCUT2D eigenvalue weighted by atomic mass is 127. The largest absolute Gasteiger partial charge is 0.439 e. The van der Waals surface area contributed by atoms with E-state index in [2.05, 4.69) is 0 Å². The molecule has 0 unspecified atom stereocenters. The molecule has 2 atom stereocenters. The van der Waals surface area contributed by atoms with Crippen LogP contribution in [0.25, 0.3) is 11.1 Å². The van der Waals surface area contributed by atoms with E-state index in [9.17, 15) is 22.4 Å². The van der Waals surface area contributed by atoms with Crippen molar-refractivity contribution in [2.24, 2.45) is 0 Å². The van der Waals surface area contributed by atoms with E-state index in [-0.39, 0.29) is 12.4 Å². The van der Waals surface area contributed by atoms with Crippen LogP contribution in [0.5, 0.6) is 0 Å². The average Bonchev–Trinajstić information content (AvgIpc) is 3.03. The van der Waals surface area contributed by atoms with E-state index >= 15 is 0 Å². The summed E-state index contributed by atoms with van der Waals surface area (Å²) in [5.41, 5.74) is 3.48. The van der Waals surface area contributed by atoms with Crippen molar-refractivity contribution in [2.45, 2.75) is 45.6 Å². The molecule has 0 aliphatic carbocycles. The van der Waals surface area contributed by atoms with Crippen molar-refractivity contribution in [3.8, 4) is 11.1 Å². The summed E-state index contributed by atoms with van der Waals surface area (Å²) in [6.45, 7) is 5.49. The molecule has 4 rings (SSSR count). The van der Waals surface area contributed by atoms with Gasteiger partial charge in [0.25, 0.3) is 0 Å². The van der Waals surface area contributed by atoms with Crippen molar-refractivity contribution in [3.63, 3.8) is 0 Å². The molecule has 0 bridgehead atoms. The molecule has 1 heterocycles. The molecule has 1 amide bonds. The van der Waals surface area contributed by atoms with Crippen LogP contribution >= 0.6 is 22.6 Å². The fourth-order valence-electron chi connectivity index (χ4n) is 4.28. The van der Waals surface area contributed by atoms with Gasteiger partial charge in [-0.2, -0.15) is 13.2 Å². The van der Waals surface area contributed by atoms with E-state index < -0.39 is 30.0 Å². The fourth-order valence-corrected chi connectivity index (χ4v) is 4.80. The molecule has 3 aromatic carbocycles. The van der Waals surface area contributed by atoms with Gasteiger partial charge >= 0.3 is 12.3 Å². The molecule has 3 nitrogen and oxygen atoms in total. The Morgan fingerprint density at radius 3 is 2.41 bits per heavy atom. The van der Waals surface area contributed by atoms with E-state index in [1.165, 1.54) is 11.0 Å². The van der Waals surface area contributed by atoms with Crippen molar-refractivity contribution in [1.82, 2.24) is 4.90 Å². The molecule has 0 N–H and O–H groups in total. The van der Waals surface area contributed by atoms with Crippen LogP contribution < -0.4 is 0 Å². The van der Waals surface area contributed by atoms with Gasteiger partial charge in [0.1, 0.15) is 11.9 Å². The maximum Gasteiger partial charge on any atom is 0.416 e. The van der Waals surface area contributed by atoms with Gasteiger partial charge in [0.05, 0.1) is 18.2 Å². The Kier molecular flexibility index (Phi) is 6.63. The van der Waals surface area contributed by atoms with Crippen molar-refractivity contribution in [1.29, 1.82) is 0 Å². The number of carbonyl (C=O) groups is 1. The summed E-state index contributed by atoms with van der Waals surface area (Å²) < 4.78 is 59.8. The number of ether oxygens (including phenoxy) is 1. The molecule has 34 heavy (non-hydrogen) atoms. The van der Waals surface area contributed by atoms with Gasteiger partial charge in [-0.15, -0.1) is 0 Å². The number of hydrogen-bond donors (Lipinski definition) is 0. The Morgan fingerprint density at radius 1 is 1.00 bits per heavy atom. The van der Waals surface area contributed by atoms with Gasteiger partial charge < -0.3 is 4.74 Å². The highest BCUT2D eigenvalue weighted by molar-refractivity contribution is 14.1. The molecule has 1 fully saturated rings. The number of aryl methyl sites for hydroxylation is 2. The van der Waals surface area contributed by atoms with E-state index in [0.29, 0.717) is 14.7 Å². The summed E-state index contributed by atoms with van der Waals surface area (Å²) in [5.74, 6) is -0.311. The second-order valence-electron chi connectivity index (χ2n) is 8.59. The van der Waals surface area contributed by atoms with Crippen LogP contribution in [-0.2, 0) is 17.5 Å². The maximum atomic E-state index is 13.8. The van der Waals surface area contributed by atoms with Gasteiger partial charge in [-0.1, -0.05) is 41.5 Å². The maximum absolute atomic E-state index is 13.8. The third-order valence-corrected chi connectivity index (χ3v) is 6.81. The van der Waals surface area contributed by atoms with Crippen molar-refractivity contribution >= 4 is 28.7 Å². The minimum Gasteiger partial charge on any atom is -0.439 e. The smallest absolute Gasteiger partial charge is 0.416 e. The number of alkyl halides is 3. The first kappa shape index (κ1) is 24.5. The lowest BCUT2D eigenvalue weighted by Crippen LogP contribution is -2.31. The molecular formula is C26H22F4INO2. The molecule has 0 saturated carbocycles. The molecule has 8 heteroatoms. The zero-order valence-corrected chi connectivity index (χ0v) is 20.9. The Labute approximate surface area is 208 Å². The lowest BCUT2D eigenvalue weighted by atomic mass is 9.96. The number of amides is 1. The van der Waals surface area contributed by atoms with Gasteiger partial charge in [-0.3, -0.25) is 4.90 Å². The SMILES string of the molecule is Cc1cc([C@H]2OC(=O)N(Cc3cc(C)ccc3-c3ccc(F)c(I)c3)[C@H]2C)cc(C(F)(F)F)c1. The third kappa shape index (κ3) is 4.92. The van der Waals surface area contributed by atoms with Crippen LogP contribution in [-0.4, -0.2) is 17.0 Å². The molecular weight excluding hydrogens is 561 g/mol. The fraction of sp³-hybridized carbons (Fsp3) is 0.269. The van der Waals surface area contributed by atoms with Crippen LogP contribution in [0, 0.1) is 23.2 Å². The molecule has 178 valence electrons. The number of rotatable bonds is 4. The molecule has 1 saturated heterocycles. The predicted molar refractivity (Wildman–Crippen MR) is 130 cm³/mol. The topological polar surface area (TPSA) is 29.5 Å². The highest BCUT2D eigenvalue weighted by Crippen LogP contribution is 2.38. The number of nitrogens with zero attached hydrogens (tertiary/aromatic N) is 1. The Balaban J connectivity index is 1.66. The molecule has 0 aromatic heterocycles. The summed E-state index contributed by atoms with van der Waals surface area (Å²) >= 11 is 1.93. The van der Waals surface area contributed by atoms with Crippen LogP contribution in [0.1, 0.15) is 40.8 Å². The summed E-state index contributed by atoms with van der Waals surface area (Å²) in [7, 11) is 0. The second kappa shape index (κ2) is 9.20. The summed E-state index contributed by atoms with van der Waals surface area (Å²) in [4.78, 5) is 14.3. The average molecular weight is 583 g/mol. The van der Waals surface area contributed by atoms with E-state index in [4.69, 9.17) is 4.74 Å². The Hall–Kier alpha value is -2.62. The van der Waals surface area contributed by atoms with Gasteiger partial charge in [0, 0.05) is 3.57 Å². The van der Waals surface area contributed by atoms with Crippen LogP contribution in [0.4, 0.5) is 22.4 Å². The zero-order chi connectivity index (χ0) is 24.8. The van der Waals surface area contributed by atoms with Gasteiger partial charge in [0.2, 0.25) is 0 Å². The summed E-state index contributed by atoms with van der Waals surface area (Å²) in [6, 6.07) is 13.9. The van der Waals surface area contributed by atoms with Crippen molar-refractivity contribution < 1.29 is 27.1 Å². The lowest BCUT2D eigenvalue weighted by Gasteiger charge is -2.23. The molecule has 1 aliphatic rings. The van der Waals surface area contributed by atoms with Crippen LogP contribution in [0.15, 0.2) is 54.6 Å². The lowest BCUT2D eigenvalue weighted by molar-refractivity contribution is -0.137. The molecule has 0 spiro atoms. The van der Waals surface area contributed by atoms with Crippen molar-refractivity contribution in [2.75, 3.05) is 0 Å².